The molecule has 0 aliphatic heterocycles. The van der Waals surface area contributed by atoms with E-state index in [1.165, 1.54) is 18.0 Å². The van der Waals surface area contributed by atoms with Crippen LogP contribution in [0.2, 0.25) is 0 Å². The highest BCUT2D eigenvalue weighted by Crippen LogP contribution is 2.43. The minimum absolute atomic E-state index is 0. The molecular weight excluding hydrogens is 510 g/mol. The van der Waals surface area contributed by atoms with Crippen molar-refractivity contribution < 1.29 is 31.3 Å². The maximum absolute atomic E-state index is 12.0. The standard InChI is InChI=1S/C27H36N3O2S.BrH/c1-30(2,19-12-20-32-24-17-10-5-11-18-24)21-25-28-26(29-33-25)27(31,22-13-6-3-7-14-22)23-15-8-4-9-16-23;/h3,5-7,10-11,13-14,17-18,23,31H,4,8-9,12,15-16,19-21H2,1-2H3;1H/q+1;/p-1. The molecule has 7 heteroatoms. The Balaban J connectivity index is 0.00000324. The van der Waals surface area contributed by atoms with Crippen molar-refractivity contribution in [3.05, 3.63) is 77.1 Å². The lowest BCUT2D eigenvalue weighted by Gasteiger charge is -2.37. The predicted octanol–water partition coefficient (Wildman–Crippen LogP) is 2.40. The summed E-state index contributed by atoms with van der Waals surface area (Å²) in [7, 11) is 4.43. The zero-order chi connectivity index (χ0) is 23.2. The number of rotatable bonds is 10. The Bertz CT molecular complexity index is 993. The number of para-hydroxylation sites is 1. The van der Waals surface area contributed by atoms with Crippen molar-refractivity contribution in [2.75, 3.05) is 27.2 Å². The molecule has 1 aliphatic carbocycles. The van der Waals surface area contributed by atoms with Gasteiger partial charge in [-0.3, -0.25) is 0 Å². The Morgan fingerprint density at radius 2 is 1.65 bits per heavy atom. The largest absolute Gasteiger partial charge is 1.00 e. The number of benzene rings is 2. The van der Waals surface area contributed by atoms with Gasteiger partial charge in [-0.05, 0) is 48.0 Å². The van der Waals surface area contributed by atoms with Gasteiger partial charge in [0.1, 0.15) is 12.3 Å². The van der Waals surface area contributed by atoms with Crippen LogP contribution in [0, 0.1) is 5.92 Å². The van der Waals surface area contributed by atoms with Crippen LogP contribution < -0.4 is 21.7 Å². The molecule has 0 saturated heterocycles. The second-order valence-corrected chi connectivity index (χ2v) is 10.6. The monoisotopic (exact) mass is 545 g/mol. The average molecular weight is 547 g/mol. The molecule has 1 heterocycles. The van der Waals surface area contributed by atoms with E-state index in [0.29, 0.717) is 12.4 Å². The molecule has 1 saturated carbocycles. The van der Waals surface area contributed by atoms with Gasteiger partial charge in [0.15, 0.2) is 16.4 Å². The van der Waals surface area contributed by atoms with E-state index >= 15 is 0 Å². The third kappa shape index (κ3) is 6.66. The molecule has 0 amide bonds. The fourth-order valence-electron chi connectivity index (χ4n) is 4.88. The number of hydrogen-bond donors (Lipinski definition) is 1. The summed E-state index contributed by atoms with van der Waals surface area (Å²) in [6.45, 7) is 2.47. The van der Waals surface area contributed by atoms with Crippen molar-refractivity contribution >= 4 is 11.5 Å². The number of aromatic nitrogens is 2. The quantitative estimate of drug-likeness (QED) is 0.314. The molecule has 4 rings (SSSR count). The number of halogens is 1. The van der Waals surface area contributed by atoms with Crippen LogP contribution in [0.3, 0.4) is 0 Å². The SMILES string of the molecule is C[N+](C)(CCCOc1ccccc1)Cc1nc(C(O)(c2ccccc2)C2CCCCC2)ns1.[Br-]. The molecular formula is C27H36BrN3O2S. The number of hydrogen-bond acceptors (Lipinski definition) is 5. The molecule has 34 heavy (non-hydrogen) atoms. The highest BCUT2D eigenvalue weighted by atomic mass is 79.9. The summed E-state index contributed by atoms with van der Waals surface area (Å²) < 4.78 is 11.4. The van der Waals surface area contributed by atoms with Crippen molar-refractivity contribution in [3.63, 3.8) is 0 Å². The van der Waals surface area contributed by atoms with Crippen LogP contribution in [0.5, 0.6) is 5.75 Å². The molecule has 0 spiro atoms. The van der Waals surface area contributed by atoms with E-state index in [4.69, 9.17) is 14.1 Å². The number of ether oxygens (including phenoxy) is 1. The fourth-order valence-corrected chi connectivity index (χ4v) is 5.78. The molecule has 1 fully saturated rings. The first-order valence-electron chi connectivity index (χ1n) is 12.1. The highest BCUT2D eigenvalue weighted by Gasteiger charge is 2.44. The third-order valence-electron chi connectivity index (χ3n) is 6.70. The molecule has 1 aliphatic rings. The van der Waals surface area contributed by atoms with Gasteiger partial charge in [0.25, 0.3) is 0 Å². The van der Waals surface area contributed by atoms with Crippen molar-refractivity contribution in [1.29, 1.82) is 0 Å². The summed E-state index contributed by atoms with van der Waals surface area (Å²) in [5.41, 5.74) is -0.204. The molecule has 5 nitrogen and oxygen atoms in total. The van der Waals surface area contributed by atoms with Crippen LogP contribution >= 0.6 is 11.5 Å². The van der Waals surface area contributed by atoms with Crippen molar-refractivity contribution in [1.82, 2.24) is 9.36 Å². The van der Waals surface area contributed by atoms with Crippen LogP contribution in [0.4, 0.5) is 0 Å². The molecule has 184 valence electrons. The molecule has 0 bridgehead atoms. The first kappa shape index (κ1) is 26.8. The van der Waals surface area contributed by atoms with Crippen LogP contribution in [0.1, 0.15) is 54.9 Å². The predicted molar refractivity (Wildman–Crippen MR) is 133 cm³/mol. The summed E-state index contributed by atoms with van der Waals surface area (Å²) in [4.78, 5) is 4.91. The van der Waals surface area contributed by atoms with Gasteiger partial charge >= 0.3 is 0 Å². The molecule has 0 radical (unpaired) electrons. The van der Waals surface area contributed by atoms with Gasteiger partial charge < -0.3 is 31.3 Å². The van der Waals surface area contributed by atoms with E-state index in [9.17, 15) is 5.11 Å². The van der Waals surface area contributed by atoms with E-state index < -0.39 is 5.60 Å². The Morgan fingerprint density at radius 3 is 2.32 bits per heavy atom. The van der Waals surface area contributed by atoms with Gasteiger partial charge in [-0.2, -0.15) is 4.37 Å². The normalized spacial score (nSPS) is 16.4. The molecule has 1 N–H and O–H groups in total. The van der Waals surface area contributed by atoms with Crippen LogP contribution in [0.15, 0.2) is 60.7 Å². The summed E-state index contributed by atoms with van der Waals surface area (Å²) in [6.07, 6.45) is 6.56. The van der Waals surface area contributed by atoms with E-state index in [-0.39, 0.29) is 22.9 Å². The summed E-state index contributed by atoms with van der Waals surface area (Å²) in [5, 5.41) is 13.0. The lowest BCUT2D eigenvalue weighted by Crippen LogP contribution is -3.00. The van der Waals surface area contributed by atoms with Gasteiger partial charge in [-0.15, -0.1) is 0 Å². The summed E-state index contributed by atoms with van der Waals surface area (Å²) in [6, 6.07) is 20.0. The molecule has 1 atom stereocenters. The average Bonchev–Trinajstić information content (AvgIpc) is 3.31. The Labute approximate surface area is 218 Å². The Morgan fingerprint density at radius 1 is 1.00 bits per heavy atom. The summed E-state index contributed by atoms with van der Waals surface area (Å²) >= 11 is 1.43. The van der Waals surface area contributed by atoms with E-state index in [1.54, 1.807) is 0 Å². The van der Waals surface area contributed by atoms with E-state index in [1.807, 2.05) is 60.7 Å². The second-order valence-electron chi connectivity index (χ2n) is 9.81. The molecule has 1 unspecified atom stereocenters. The Kier molecular flexibility index (Phi) is 9.65. The van der Waals surface area contributed by atoms with E-state index in [0.717, 1.165) is 66.0 Å². The lowest BCUT2D eigenvalue weighted by atomic mass is 9.73. The van der Waals surface area contributed by atoms with E-state index in [2.05, 4.69) is 14.1 Å². The molecule has 3 aromatic rings. The first-order valence-corrected chi connectivity index (χ1v) is 12.9. The third-order valence-corrected chi connectivity index (χ3v) is 7.40. The topological polar surface area (TPSA) is 55.2 Å². The van der Waals surface area contributed by atoms with Crippen LogP contribution in [0.25, 0.3) is 0 Å². The molecule has 1 aromatic heterocycles. The minimum atomic E-state index is -1.11. The number of quaternary nitrogens is 1. The highest BCUT2D eigenvalue weighted by molar-refractivity contribution is 7.05. The number of nitrogens with zero attached hydrogens (tertiary/aromatic N) is 3. The second kappa shape index (κ2) is 12.2. The minimum Gasteiger partial charge on any atom is -1.00 e. The zero-order valence-electron chi connectivity index (χ0n) is 20.2. The number of aliphatic hydroxyl groups is 1. The van der Waals surface area contributed by atoms with Crippen LogP contribution in [-0.2, 0) is 12.1 Å². The van der Waals surface area contributed by atoms with Crippen molar-refractivity contribution in [3.8, 4) is 5.75 Å². The maximum Gasteiger partial charge on any atom is 0.179 e. The van der Waals surface area contributed by atoms with Crippen molar-refractivity contribution in [2.24, 2.45) is 5.92 Å². The first-order chi connectivity index (χ1) is 16.0. The lowest BCUT2D eigenvalue weighted by molar-refractivity contribution is -0.903. The maximum atomic E-state index is 12.0. The van der Waals surface area contributed by atoms with Crippen molar-refractivity contribution in [2.45, 2.75) is 50.7 Å². The van der Waals surface area contributed by atoms with Crippen LogP contribution in [-0.4, -0.2) is 46.2 Å². The Hall–Kier alpha value is -1.80. The molecule has 2 aromatic carbocycles. The van der Waals surface area contributed by atoms with Gasteiger partial charge in [0, 0.05) is 6.42 Å². The van der Waals surface area contributed by atoms with Gasteiger partial charge in [0.2, 0.25) is 0 Å². The fraction of sp³-hybridized carbons (Fsp3) is 0.481. The summed E-state index contributed by atoms with van der Waals surface area (Å²) in [5.74, 6) is 1.65. The smallest absolute Gasteiger partial charge is 0.179 e. The van der Waals surface area contributed by atoms with Gasteiger partial charge in [-0.1, -0.05) is 67.8 Å². The zero-order valence-corrected chi connectivity index (χ0v) is 22.6. The van der Waals surface area contributed by atoms with Gasteiger partial charge in [-0.25, -0.2) is 4.98 Å². The van der Waals surface area contributed by atoms with Gasteiger partial charge in [0.05, 0.1) is 27.2 Å².